The Morgan fingerprint density at radius 3 is 2.90 bits per heavy atom. The molecule has 0 aliphatic rings. The summed E-state index contributed by atoms with van der Waals surface area (Å²) < 4.78 is 0. The summed E-state index contributed by atoms with van der Waals surface area (Å²) in [6.45, 7) is 4.96. The average molecular weight is 310 g/mol. The van der Waals surface area contributed by atoms with E-state index >= 15 is 0 Å². The predicted octanol–water partition coefficient (Wildman–Crippen LogP) is 3.72. The second-order valence-corrected chi connectivity index (χ2v) is 5.56. The Kier molecular flexibility index (Phi) is 5.11. The number of thiazole rings is 1. The maximum Gasteiger partial charge on any atom is 0.258 e. The first-order chi connectivity index (χ1) is 9.61. The minimum atomic E-state index is -0.243. The van der Waals surface area contributed by atoms with Crippen molar-refractivity contribution < 1.29 is 4.79 Å². The Balaban J connectivity index is 2.07. The molecular formula is C14H16ClN3OS. The number of benzene rings is 1. The molecule has 0 bridgehead atoms. The van der Waals surface area contributed by atoms with Crippen LogP contribution in [0.25, 0.3) is 0 Å². The minimum Gasteiger partial charge on any atom is -0.309 e. The predicted molar refractivity (Wildman–Crippen MR) is 83.6 cm³/mol. The Morgan fingerprint density at radius 1 is 1.45 bits per heavy atom. The lowest BCUT2D eigenvalue weighted by Gasteiger charge is -2.08. The van der Waals surface area contributed by atoms with Crippen molar-refractivity contribution in [2.75, 3.05) is 11.9 Å². The van der Waals surface area contributed by atoms with Gasteiger partial charge in [0.15, 0.2) is 5.13 Å². The molecule has 106 valence electrons. The summed E-state index contributed by atoms with van der Waals surface area (Å²) in [6, 6.07) is 7.12. The highest BCUT2D eigenvalue weighted by molar-refractivity contribution is 7.14. The van der Waals surface area contributed by atoms with E-state index in [1.54, 1.807) is 24.3 Å². The molecule has 1 heterocycles. The molecule has 2 rings (SSSR count). The third-order valence-corrected chi connectivity index (χ3v) is 3.92. The second-order valence-electron chi connectivity index (χ2n) is 4.29. The van der Waals surface area contributed by atoms with Gasteiger partial charge in [0.25, 0.3) is 5.91 Å². The first-order valence-electron chi connectivity index (χ1n) is 6.36. The molecule has 1 aromatic heterocycles. The van der Waals surface area contributed by atoms with Crippen LogP contribution in [0.1, 0.15) is 35.9 Å². The first-order valence-corrected chi connectivity index (χ1v) is 7.62. The number of hydrogen-bond donors (Lipinski definition) is 2. The van der Waals surface area contributed by atoms with Crippen LogP contribution in [-0.2, 0) is 0 Å². The largest absolute Gasteiger partial charge is 0.309 e. The van der Waals surface area contributed by atoms with Crippen molar-refractivity contribution in [1.29, 1.82) is 0 Å². The molecule has 0 spiro atoms. The van der Waals surface area contributed by atoms with Crippen molar-refractivity contribution in [3.8, 4) is 0 Å². The molecule has 2 aromatic rings. The van der Waals surface area contributed by atoms with Gasteiger partial charge in [-0.15, -0.1) is 11.3 Å². The van der Waals surface area contributed by atoms with Crippen molar-refractivity contribution in [3.05, 3.63) is 45.9 Å². The molecule has 0 aliphatic carbocycles. The first kappa shape index (κ1) is 15.0. The zero-order chi connectivity index (χ0) is 14.5. The highest BCUT2D eigenvalue weighted by atomic mass is 35.5. The molecule has 0 saturated heterocycles. The maximum atomic E-state index is 12.1. The topological polar surface area (TPSA) is 54.0 Å². The number of hydrogen-bond acceptors (Lipinski definition) is 4. The third-order valence-electron chi connectivity index (χ3n) is 2.81. The van der Waals surface area contributed by atoms with E-state index in [1.165, 1.54) is 11.3 Å². The van der Waals surface area contributed by atoms with Crippen LogP contribution in [0.4, 0.5) is 5.13 Å². The number of anilines is 1. The van der Waals surface area contributed by atoms with Crippen LogP contribution in [-0.4, -0.2) is 17.4 Å². The smallest absolute Gasteiger partial charge is 0.258 e. The molecule has 20 heavy (non-hydrogen) atoms. The number of amides is 1. The summed E-state index contributed by atoms with van der Waals surface area (Å²) in [4.78, 5) is 16.5. The van der Waals surface area contributed by atoms with E-state index in [1.807, 2.05) is 19.2 Å². The van der Waals surface area contributed by atoms with Gasteiger partial charge in [-0.25, -0.2) is 4.98 Å². The molecule has 1 atom stereocenters. The monoisotopic (exact) mass is 309 g/mol. The van der Waals surface area contributed by atoms with Crippen LogP contribution in [0.5, 0.6) is 0 Å². The van der Waals surface area contributed by atoms with Gasteiger partial charge in [-0.2, -0.15) is 0 Å². The lowest BCUT2D eigenvalue weighted by atomic mass is 10.2. The van der Waals surface area contributed by atoms with Gasteiger partial charge in [-0.05, 0) is 25.6 Å². The quantitative estimate of drug-likeness (QED) is 0.885. The van der Waals surface area contributed by atoms with Gasteiger partial charge in [0.05, 0.1) is 16.3 Å². The summed E-state index contributed by atoms with van der Waals surface area (Å²) in [5, 5.41) is 9.00. The number of rotatable bonds is 5. The van der Waals surface area contributed by atoms with E-state index in [0.29, 0.717) is 15.7 Å². The van der Waals surface area contributed by atoms with E-state index in [2.05, 4.69) is 15.6 Å². The molecule has 0 saturated carbocycles. The summed E-state index contributed by atoms with van der Waals surface area (Å²) in [7, 11) is 0. The zero-order valence-electron chi connectivity index (χ0n) is 11.3. The van der Waals surface area contributed by atoms with Gasteiger partial charge < -0.3 is 5.32 Å². The van der Waals surface area contributed by atoms with Gasteiger partial charge in [0.1, 0.15) is 0 Å². The summed E-state index contributed by atoms with van der Waals surface area (Å²) in [6.07, 6.45) is 0. The molecule has 2 N–H and O–H groups in total. The summed E-state index contributed by atoms with van der Waals surface area (Å²) in [5.74, 6) is -0.243. The van der Waals surface area contributed by atoms with Gasteiger partial charge in [0, 0.05) is 11.4 Å². The van der Waals surface area contributed by atoms with Crippen molar-refractivity contribution in [1.82, 2.24) is 10.3 Å². The number of carbonyl (C=O) groups excluding carboxylic acids is 1. The van der Waals surface area contributed by atoms with Crippen molar-refractivity contribution in [3.63, 3.8) is 0 Å². The molecule has 6 heteroatoms. The van der Waals surface area contributed by atoms with Crippen molar-refractivity contribution >= 4 is 34.0 Å². The maximum absolute atomic E-state index is 12.1. The molecule has 0 fully saturated rings. The molecule has 4 nitrogen and oxygen atoms in total. The highest BCUT2D eigenvalue weighted by Crippen LogP contribution is 2.22. The third kappa shape index (κ3) is 3.56. The minimum absolute atomic E-state index is 0.169. The molecular weight excluding hydrogens is 294 g/mol. The van der Waals surface area contributed by atoms with Crippen LogP contribution in [0, 0.1) is 0 Å². The second kappa shape index (κ2) is 6.83. The Morgan fingerprint density at radius 2 is 2.20 bits per heavy atom. The molecule has 1 amide bonds. The van der Waals surface area contributed by atoms with Crippen LogP contribution in [0.3, 0.4) is 0 Å². The fourth-order valence-electron chi connectivity index (χ4n) is 1.76. The number of aromatic nitrogens is 1. The number of halogens is 1. The molecule has 1 aromatic carbocycles. The van der Waals surface area contributed by atoms with Crippen LogP contribution in [0.15, 0.2) is 29.6 Å². The van der Waals surface area contributed by atoms with Crippen molar-refractivity contribution in [2.24, 2.45) is 0 Å². The highest BCUT2D eigenvalue weighted by Gasteiger charge is 2.13. The van der Waals surface area contributed by atoms with Gasteiger partial charge in [0.2, 0.25) is 0 Å². The van der Waals surface area contributed by atoms with Crippen LogP contribution in [0.2, 0.25) is 5.02 Å². The average Bonchev–Trinajstić information content (AvgIpc) is 2.88. The Labute approximate surface area is 127 Å². The van der Waals surface area contributed by atoms with Gasteiger partial charge in [-0.3, -0.25) is 10.1 Å². The normalized spacial score (nSPS) is 12.2. The zero-order valence-corrected chi connectivity index (χ0v) is 12.9. The van der Waals surface area contributed by atoms with Gasteiger partial charge >= 0.3 is 0 Å². The van der Waals surface area contributed by atoms with E-state index in [9.17, 15) is 4.79 Å². The van der Waals surface area contributed by atoms with E-state index < -0.39 is 0 Å². The Hall–Kier alpha value is -1.43. The lowest BCUT2D eigenvalue weighted by molar-refractivity contribution is 0.102. The molecule has 0 aliphatic heterocycles. The van der Waals surface area contributed by atoms with Crippen LogP contribution < -0.4 is 10.6 Å². The number of carbonyl (C=O) groups is 1. The van der Waals surface area contributed by atoms with E-state index in [-0.39, 0.29) is 11.9 Å². The fourth-order valence-corrected chi connectivity index (χ4v) is 2.78. The Bertz CT molecular complexity index is 600. The standard InChI is InChI=1S/C14H16ClN3OS/c1-3-16-9(2)12-8-20-14(17-12)18-13(19)10-6-4-5-7-11(10)15/h4-9,16H,3H2,1-2H3,(H,17,18,19). The number of nitrogens with one attached hydrogen (secondary N) is 2. The van der Waals surface area contributed by atoms with E-state index in [4.69, 9.17) is 11.6 Å². The lowest BCUT2D eigenvalue weighted by Crippen LogP contribution is -2.18. The SMILES string of the molecule is CCNC(C)c1csc(NC(=O)c2ccccc2Cl)n1. The van der Waals surface area contributed by atoms with Crippen molar-refractivity contribution in [2.45, 2.75) is 19.9 Å². The van der Waals surface area contributed by atoms with Gasteiger partial charge in [-0.1, -0.05) is 30.7 Å². The van der Waals surface area contributed by atoms with E-state index in [0.717, 1.165) is 12.2 Å². The molecule has 0 radical (unpaired) electrons. The van der Waals surface area contributed by atoms with Crippen LogP contribution >= 0.6 is 22.9 Å². The number of nitrogens with zero attached hydrogens (tertiary/aromatic N) is 1. The fraction of sp³-hybridized carbons (Fsp3) is 0.286. The summed E-state index contributed by atoms with van der Waals surface area (Å²) >= 11 is 7.40. The molecule has 1 unspecified atom stereocenters. The summed E-state index contributed by atoms with van der Waals surface area (Å²) in [5.41, 5.74) is 1.37.